The van der Waals surface area contributed by atoms with Gasteiger partial charge >= 0.3 is 18.2 Å². The molecule has 0 aliphatic carbocycles. The van der Waals surface area contributed by atoms with Crippen LogP contribution < -0.4 is 15.5 Å². The van der Waals surface area contributed by atoms with E-state index in [0.29, 0.717) is 25.9 Å². The number of carbonyl (C=O) groups is 3. The lowest BCUT2D eigenvalue weighted by Crippen LogP contribution is -3.14. The second kappa shape index (κ2) is 7.97. The Hall–Kier alpha value is -1.84. The van der Waals surface area contributed by atoms with E-state index in [2.05, 4.69) is 4.74 Å². The van der Waals surface area contributed by atoms with Gasteiger partial charge in [-0.25, -0.2) is 4.79 Å². The summed E-state index contributed by atoms with van der Waals surface area (Å²) in [5.74, 6) is -1.13. The first-order chi connectivity index (χ1) is 10.2. The Labute approximate surface area is 125 Å². The van der Waals surface area contributed by atoms with Crippen LogP contribution in [0, 0.1) is 5.92 Å². The van der Waals surface area contributed by atoms with Crippen LogP contribution in [0.1, 0.15) is 12.8 Å². The van der Waals surface area contributed by atoms with Crippen molar-refractivity contribution in [3.63, 3.8) is 0 Å². The van der Waals surface area contributed by atoms with Gasteiger partial charge in [0.05, 0.1) is 26.1 Å². The van der Waals surface area contributed by atoms with Gasteiger partial charge in [-0.3, -0.25) is 14.9 Å². The number of halogens is 3. The maximum absolute atomic E-state index is 11.9. The fourth-order valence-electron chi connectivity index (χ4n) is 2.23. The Morgan fingerprint density at radius 1 is 1.23 bits per heavy atom. The molecule has 1 heterocycles. The van der Waals surface area contributed by atoms with Crippen molar-refractivity contribution in [3.05, 3.63) is 0 Å². The molecule has 0 aromatic rings. The van der Waals surface area contributed by atoms with Crippen molar-refractivity contribution in [2.45, 2.75) is 19.0 Å². The molecule has 0 aromatic heterocycles. The minimum absolute atomic E-state index is 0.0344. The van der Waals surface area contributed by atoms with E-state index < -0.39 is 24.7 Å². The number of nitrogens with one attached hydrogen (secondary N) is 3. The highest BCUT2D eigenvalue weighted by molar-refractivity contribution is 5.94. The van der Waals surface area contributed by atoms with E-state index in [1.807, 2.05) is 5.32 Å². The van der Waals surface area contributed by atoms with Crippen molar-refractivity contribution in [1.29, 1.82) is 0 Å². The maximum atomic E-state index is 11.9. The molecule has 22 heavy (non-hydrogen) atoms. The number of hydrogen-bond acceptors (Lipinski definition) is 4. The summed E-state index contributed by atoms with van der Waals surface area (Å²) in [4.78, 5) is 34.9. The normalized spacial score (nSPS) is 21.8. The second-order valence-corrected chi connectivity index (χ2v) is 5.07. The zero-order valence-electron chi connectivity index (χ0n) is 12.1. The number of rotatable bonds is 4. The summed E-state index contributed by atoms with van der Waals surface area (Å²) in [7, 11) is 1.31. The molecule has 1 rings (SSSR count). The number of methoxy groups -OCH3 is 1. The Morgan fingerprint density at radius 3 is 2.32 bits per heavy atom. The quantitative estimate of drug-likeness (QED) is 0.569. The fraction of sp³-hybridized carbons (Fsp3) is 0.750. The van der Waals surface area contributed by atoms with E-state index in [9.17, 15) is 27.6 Å². The first-order valence-corrected chi connectivity index (χ1v) is 6.77. The standard InChI is InChI=1S/C12H18F3N3O4/c1-22-10(20)8-2-4-18(5-3-8)6-9(19)17-11(21)16-7-12(13,14)15/h8H,2-7H2,1H3,(H2,16,17,19,21)/p+1. The largest absolute Gasteiger partial charge is 0.469 e. The van der Waals surface area contributed by atoms with E-state index in [1.54, 1.807) is 5.32 Å². The summed E-state index contributed by atoms with van der Waals surface area (Å²) in [5.41, 5.74) is 0. The Morgan fingerprint density at radius 2 is 1.82 bits per heavy atom. The fourth-order valence-corrected chi connectivity index (χ4v) is 2.23. The molecule has 0 aromatic carbocycles. The third-order valence-corrected chi connectivity index (χ3v) is 3.34. The summed E-state index contributed by atoms with van der Waals surface area (Å²) in [6, 6.07) is -1.17. The third-order valence-electron chi connectivity index (χ3n) is 3.34. The number of carbonyl (C=O) groups excluding carboxylic acids is 3. The highest BCUT2D eigenvalue weighted by atomic mass is 19.4. The second-order valence-electron chi connectivity index (χ2n) is 5.07. The number of amides is 3. The van der Waals surface area contributed by atoms with Crippen LogP contribution in [-0.4, -0.2) is 57.4 Å². The molecule has 0 bridgehead atoms. The summed E-state index contributed by atoms with van der Waals surface area (Å²) >= 11 is 0. The van der Waals surface area contributed by atoms with E-state index in [1.165, 1.54) is 7.11 Å². The van der Waals surface area contributed by atoms with Gasteiger partial charge in [-0.2, -0.15) is 13.2 Å². The van der Waals surface area contributed by atoms with Crippen LogP contribution in [0.3, 0.4) is 0 Å². The molecular weight excluding hydrogens is 307 g/mol. The van der Waals surface area contributed by atoms with Crippen molar-refractivity contribution >= 4 is 17.9 Å². The molecular formula is C12H19F3N3O4+. The lowest BCUT2D eigenvalue weighted by molar-refractivity contribution is -0.897. The molecule has 1 aliphatic rings. The van der Waals surface area contributed by atoms with Gasteiger partial charge in [0, 0.05) is 12.8 Å². The lowest BCUT2D eigenvalue weighted by Gasteiger charge is -2.27. The molecule has 0 atom stereocenters. The molecule has 10 heteroatoms. The van der Waals surface area contributed by atoms with Gasteiger partial charge < -0.3 is 15.0 Å². The van der Waals surface area contributed by atoms with Crippen molar-refractivity contribution in [1.82, 2.24) is 10.6 Å². The van der Waals surface area contributed by atoms with Gasteiger partial charge in [0.1, 0.15) is 6.54 Å². The van der Waals surface area contributed by atoms with Crippen LogP contribution >= 0.6 is 0 Å². The average Bonchev–Trinajstić information content (AvgIpc) is 2.44. The average molecular weight is 326 g/mol. The third kappa shape index (κ3) is 6.74. The number of hydrogen-bond donors (Lipinski definition) is 3. The number of ether oxygens (including phenoxy) is 1. The number of imide groups is 1. The van der Waals surface area contributed by atoms with Gasteiger partial charge in [0.2, 0.25) is 0 Å². The number of quaternary nitrogens is 1. The van der Waals surface area contributed by atoms with Gasteiger partial charge in [-0.15, -0.1) is 0 Å². The predicted molar refractivity (Wildman–Crippen MR) is 67.9 cm³/mol. The zero-order valence-corrected chi connectivity index (χ0v) is 12.1. The highest BCUT2D eigenvalue weighted by Gasteiger charge is 2.30. The SMILES string of the molecule is COC(=O)C1CC[NH+](CC(=O)NC(=O)NCC(F)(F)F)CC1. The molecule has 1 fully saturated rings. The van der Waals surface area contributed by atoms with E-state index in [4.69, 9.17) is 0 Å². The van der Waals surface area contributed by atoms with Gasteiger partial charge in [-0.05, 0) is 0 Å². The molecule has 0 unspecified atom stereocenters. The maximum Gasteiger partial charge on any atom is 0.405 e. The van der Waals surface area contributed by atoms with Crippen molar-refractivity contribution in [2.24, 2.45) is 5.92 Å². The smallest absolute Gasteiger partial charge is 0.405 e. The molecule has 0 radical (unpaired) electrons. The van der Waals surface area contributed by atoms with E-state index in [0.717, 1.165) is 4.90 Å². The minimum Gasteiger partial charge on any atom is -0.469 e. The van der Waals surface area contributed by atoms with Crippen LogP contribution in [0.5, 0.6) is 0 Å². The molecule has 0 saturated carbocycles. The summed E-state index contributed by atoms with van der Waals surface area (Å²) in [6.45, 7) is -0.425. The highest BCUT2D eigenvalue weighted by Crippen LogP contribution is 2.12. The van der Waals surface area contributed by atoms with Crippen molar-refractivity contribution < 1.29 is 37.2 Å². The summed E-state index contributed by atoms with van der Waals surface area (Å²) < 4.78 is 40.3. The number of piperidine rings is 1. The Kier molecular flexibility index (Phi) is 6.60. The number of likely N-dealkylation sites (tertiary alicyclic amines) is 1. The van der Waals surface area contributed by atoms with Gasteiger partial charge in [0.15, 0.2) is 6.54 Å². The van der Waals surface area contributed by atoms with Crippen LogP contribution in [0.2, 0.25) is 0 Å². The Balaban J connectivity index is 2.26. The number of alkyl halides is 3. The van der Waals surface area contributed by atoms with Crippen molar-refractivity contribution in [3.8, 4) is 0 Å². The van der Waals surface area contributed by atoms with Crippen LogP contribution in [0.25, 0.3) is 0 Å². The van der Waals surface area contributed by atoms with Gasteiger partial charge in [-0.1, -0.05) is 0 Å². The molecule has 1 aliphatic heterocycles. The summed E-state index contributed by atoms with van der Waals surface area (Å²) in [6.07, 6.45) is -3.40. The molecule has 126 valence electrons. The minimum atomic E-state index is -4.53. The molecule has 1 saturated heterocycles. The van der Waals surface area contributed by atoms with E-state index >= 15 is 0 Å². The first-order valence-electron chi connectivity index (χ1n) is 6.77. The summed E-state index contributed by atoms with van der Waals surface area (Å²) in [5, 5.41) is 3.40. The Bertz CT molecular complexity index is 420. The van der Waals surface area contributed by atoms with Crippen LogP contribution in [0.15, 0.2) is 0 Å². The predicted octanol–water partition coefficient (Wildman–Crippen LogP) is -1.16. The van der Waals surface area contributed by atoms with Crippen LogP contribution in [-0.2, 0) is 14.3 Å². The monoisotopic (exact) mass is 326 g/mol. The molecule has 7 nitrogen and oxygen atoms in total. The molecule has 0 spiro atoms. The molecule has 3 amide bonds. The molecule has 3 N–H and O–H groups in total. The topological polar surface area (TPSA) is 88.9 Å². The van der Waals surface area contributed by atoms with Crippen LogP contribution in [0.4, 0.5) is 18.0 Å². The number of urea groups is 1. The zero-order chi connectivity index (χ0) is 16.8. The van der Waals surface area contributed by atoms with E-state index in [-0.39, 0.29) is 18.4 Å². The first kappa shape index (κ1) is 18.2. The lowest BCUT2D eigenvalue weighted by atomic mass is 9.97. The number of esters is 1. The van der Waals surface area contributed by atoms with Crippen molar-refractivity contribution in [2.75, 3.05) is 33.3 Å². The van der Waals surface area contributed by atoms with Gasteiger partial charge in [0.25, 0.3) is 5.91 Å².